The van der Waals surface area contributed by atoms with E-state index in [9.17, 15) is 4.79 Å². The molecule has 4 N–H and O–H groups in total. The molecule has 0 saturated carbocycles. The zero-order chi connectivity index (χ0) is 15.1. The topological polar surface area (TPSA) is 87.6 Å². The number of rotatable bonds is 2. The van der Waals surface area contributed by atoms with Gasteiger partial charge < -0.3 is 20.9 Å². The number of carbonyl (C=O) groups is 1. The largest absolute Gasteiger partial charge is 0.456 e. The third-order valence-electron chi connectivity index (χ3n) is 3.54. The first kappa shape index (κ1) is 14.7. The van der Waals surface area contributed by atoms with E-state index < -0.39 is 11.6 Å². The van der Waals surface area contributed by atoms with Gasteiger partial charge in [0.1, 0.15) is 11.7 Å². The van der Waals surface area contributed by atoms with Crippen molar-refractivity contribution in [2.24, 2.45) is 0 Å². The second-order valence-corrected chi connectivity index (χ2v) is 6.41. The lowest BCUT2D eigenvalue weighted by Crippen LogP contribution is -2.36. The Kier molecular flexibility index (Phi) is 3.42. The fourth-order valence-corrected chi connectivity index (χ4v) is 2.66. The number of esters is 1. The summed E-state index contributed by atoms with van der Waals surface area (Å²) in [5.41, 5.74) is 11.8. The maximum atomic E-state index is 12.2. The number of carbonyl (C=O) groups excluding carboxylic acids is 1. The van der Waals surface area contributed by atoms with Gasteiger partial charge in [-0.1, -0.05) is 0 Å². The van der Waals surface area contributed by atoms with Gasteiger partial charge in [-0.3, -0.25) is 0 Å². The molecule has 2 rings (SSSR count). The van der Waals surface area contributed by atoms with Gasteiger partial charge >= 0.3 is 5.97 Å². The summed E-state index contributed by atoms with van der Waals surface area (Å²) in [6.45, 7) is 7.82. The van der Waals surface area contributed by atoms with E-state index in [1.54, 1.807) is 18.2 Å². The Morgan fingerprint density at radius 2 is 1.95 bits per heavy atom. The lowest BCUT2D eigenvalue weighted by atomic mass is 9.97. The number of nitrogens with two attached hydrogens (primary N) is 2. The zero-order valence-electron chi connectivity index (χ0n) is 12.4. The van der Waals surface area contributed by atoms with Crippen molar-refractivity contribution in [1.29, 1.82) is 0 Å². The summed E-state index contributed by atoms with van der Waals surface area (Å²) in [5, 5.41) is 0. The molecular weight excluding hydrogens is 256 g/mol. The molecule has 1 aromatic carbocycles. The van der Waals surface area contributed by atoms with Crippen LogP contribution in [-0.4, -0.2) is 23.3 Å². The Hall–Kier alpha value is -1.75. The van der Waals surface area contributed by atoms with Crippen LogP contribution in [0.25, 0.3) is 0 Å². The Morgan fingerprint density at radius 1 is 1.30 bits per heavy atom. The molecule has 0 spiro atoms. The van der Waals surface area contributed by atoms with E-state index in [1.165, 1.54) is 0 Å². The predicted octanol–water partition coefficient (Wildman–Crippen LogP) is 2.35. The minimum atomic E-state index is -0.512. The first-order valence-electron chi connectivity index (χ1n) is 6.67. The van der Waals surface area contributed by atoms with Gasteiger partial charge in [-0.15, -0.1) is 0 Å². The van der Waals surface area contributed by atoms with Crippen molar-refractivity contribution in [2.45, 2.75) is 51.4 Å². The Labute approximate surface area is 119 Å². The SMILES string of the molecule is CC1(C)CC(OC(=O)c2ccc(N)cc2N)C(C)(C)O1. The molecule has 1 aliphatic rings. The van der Waals surface area contributed by atoms with Crippen LogP contribution in [0.4, 0.5) is 11.4 Å². The Morgan fingerprint density at radius 3 is 2.45 bits per heavy atom. The number of nitrogen functional groups attached to an aromatic ring is 2. The summed E-state index contributed by atoms with van der Waals surface area (Å²) < 4.78 is 11.5. The number of benzene rings is 1. The molecule has 1 aliphatic heterocycles. The molecule has 1 saturated heterocycles. The van der Waals surface area contributed by atoms with E-state index in [4.69, 9.17) is 20.9 Å². The van der Waals surface area contributed by atoms with E-state index in [0.29, 0.717) is 23.4 Å². The number of hydrogen-bond donors (Lipinski definition) is 2. The van der Waals surface area contributed by atoms with Crippen LogP contribution >= 0.6 is 0 Å². The molecule has 1 aromatic rings. The molecule has 1 heterocycles. The van der Waals surface area contributed by atoms with E-state index in [-0.39, 0.29) is 11.7 Å². The van der Waals surface area contributed by atoms with Crippen molar-refractivity contribution < 1.29 is 14.3 Å². The fraction of sp³-hybridized carbons (Fsp3) is 0.533. The summed E-state index contributed by atoms with van der Waals surface area (Å²) in [6, 6.07) is 4.77. The molecule has 110 valence electrons. The molecule has 0 aromatic heterocycles. The van der Waals surface area contributed by atoms with Crippen molar-refractivity contribution in [2.75, 3.05) is 11.5 Å². The number of anilines is 2. The summed E-state index contributed by atoms with van der Waals surface area (Å²) in [5.74, 6) is -0.443. The maximum Gasteiger partial charge on any atom is 0.340 e. The molecule has 20 heavy (non-hydrogen) atoms. The van der Waals surface area contributed by atoms with Crippen molar-refractivity contribution >= 4 is 17.3 Å². The molecule has 0 bridgehead atoms. The lowest BCUT2D eigenvalue weighted by molar-refractivity contribution is -0.0924. The van der Waals surface area contributed by atoms with Gasteiger partial charge in [-0.25, -0.2) is 4.79 Å². The zero-order valence-corrected chi connectivity index (χ0v) is 12.4. The molecule has 0 aliphatic carbocycles. The molecule has 0 radical (unpaired) electrons. The Bertz CT molecular complexity index is 538. The predicted molar refractivity (Wildman–Crippen MR) is 78.3 cm³/mol. The van der Waals surface area contributed by atoms with Crippen LogP contribution in [-0.2, 0) is 9.47 Å². The van der Waals surface area contributed by atoms with Crippen molar-refractivity contribution in [3.8, 4) is 0 Å². The standard InChI is InChI=1S/C15H22N2O3/c1-14(2)8-12(15(3,4)20-14)19-13(18)10-6-5-9(16)7-11(10)17/h5-7,12H,8,16-17H2,1-4H3. The van der Waals surface area contributed by atoms with Crippen molar-refractivity contribution in [3.63, 3.8) is 0 Å². The second-order valence-electron chi connectivity index (χ2n) is 6.41. The number of ether oxygens (including phenoxy) is 2. The average molecular weight is 278 g/mol. The van der Waals surface area contributed by atoms with Gasteiger partial charge in [0.15, 0.2) is 0 Å². The van der Waals surface area contributed by atoms with Gasteiger partial charge in [-0.2, -0.15) is 0 Å². The van der Waals surface area contributed by atoms with Gasteiger partial charge in [-0.05, 0) is 45.9 Å². The first-order valence-corrected chi connectivity index (χ1v) is 6.67. The summed E-state index contributed by atoms with van der Waals surface area (Å²) in [7, 11) is 0. The van der Waals surface area contributed by atoms with Crippen LogP contribution in [0.15, 0.2) is 18.2 Å². The van der Waals surface area contributed by atoms with E-state index in [2.05, 4.69) is 0 Å². The molecule has 5 heteroatoms. The van der Waals surface area contributed by atoms with Gasteiger partial charge in [0, 0.05) is 17.8 Å². The fourth-order valence-electron chi connectivity index (χ4n) is 2.66. The quantitative estimate of drug-likeness (QED) is 0.640. The molecular formula is C15H22N2O3. The summed E-state index contributed by atoms with van der Waals surface area (Å²) in [6.07, 6.45) is 0.350. The van der Waals surface area contributed by atoms with Crippen molar-refractivity contribution in [1.82, 2.24) is 0 Å². The van der Waals surface area contributed by atoms with Crippen LogP contribution in [0.1, 0.15) is 44.5 Å². The summed E-state index contributed by atoms with van der Waals surface area (Å²) in [4.78, 5) is 12.2. The van der Waals surface area contributed by atoms with E-state index in [0.717, 1.165) is 0 Å². The van der Waals surface area contributed by atoms with Crippen LogP contribution in [0, 0.1) is 0 Å². The van der Waals surface area contributed by atoms with Crippen LogP contribution < -0.4 is 11.5 Å². The minimum absolute atomic E-state index is 0.304. The molecule has 1 fully saturated rings. The van der Waals surface area contributed by atoms with Gasteiger partial charge in [0.2, 0.25) is 0 Å². The molecule has 1 unspecified atom stereocenters. The monoisotopic (exact) mass is 278 g/mol. The van der Waals surface area contributed by atoms with Crippen LogP contribution in [0.2, 0.25) is 0 Å². The highest BCUT2D eigenvalue weighted by Gasteiger charge is 2.48. The maximum absolute atomic E-state index is 12.2. The van der Waals surface area contributed by atoms with Crippen LogP contribution in [0.3, 0.4) is 0 Å². The van der Waals surface area contributed by atoms with Crippen LogP contribution in [0.5, 0.6) is 0 Å². The first-order chi connectivity index (χ1) is 9.11. The highest BCUT2D eigenvalue weighted by molar-refractivity contribution is 5.95. The molecule has 5 nitrogen and oxygen atoms in total. The average Bonchev–Trinajstić information content (AvgIpc) is 2.45. The normalized spacial score (nSPS) is 23.5. The third kappa shape index (κ3) is 2.88. The molecule has 0 amide bonds. The van der Waals surface area contributed by atoms with E-state index >= 15 is 0 Å². The van der Waals surface area contributed by atoms with Gasteiger partial charge in [0.05, 0.1) is 11.2 Å². The second kappa shape index (κ2) is 4.66. The van der Waals surface area contributed by atoms with Gasteiger partial charge in [0.25, 0.3) is 0 Å². The highest BCUT2D eigenvalue weighted by Crippen LogP contribution is 2.39. The third-order valence-corrected chi connectivity index (χ3v) is 3.54. The molecule has 1 atom stereocenters. The lowest BCUT2D eigenvalue weighted by Gasteiger charge is -2.26. The Balaban J connectivity index is 2.16. The van der Waals surface area contributed by atoms with Crippen molar-refractivity contribution in [3.05, 3.63) is 23.8 Å². The number of hydrogen-bond acceptors (Lipinski definition) is 5. The van der Waals surface area contributed by atoms with E-state index in [1.807, 2.05) is 27.7 Å². The smallest absolute Gasteiger partial charge is 0.340 e. The highest BCUT2D eigenvalue weighted by atomic mass is 16.6. The minimum Gasteiger partial charge on any atom is -0.456 e. The summed E-state index contributed by atoms with van der Waals surface area (Å²) >= 11 is 0.